The maximum absolute atomic E-state index is 12.7. The van der Waals surface area contributed by atoms with Crippen LogP contribution in [0.1, 0.15) is 42.8 Å². The van der Waals surface area contributed by atoms with Crippen molar-refractivity contribution in [1.29, 1.82) is 0 Å². The zero-order valence-corrected chi connectivity index (χ0v) is 15.1. The van der Waals surface area contributed by atoms with Crippen molar-refractivity contribution in [2.75, 3.05) is 0 Å². The highest BCUT2D eigenvalue weighted by Crippen LogP contribution is 2.25. The minimum absolute atomic E-state index is 0.266. The van der Waals surface area contributed by atoms with Crippen molar-refractivity contribution in [3.63, 3.8) is 0 Å². The molecule has 1 saturated carbocycles. The molecule has 4 rings (SSSR count). The molecule has 1 N–H and O–H groups in total. The Bertz CT molecular complexity index is 991. The van der Waals surface area contributed by atoms with Crippen molar-refractivity contribution in [1.82, 2.24) is 19.1 Å². The number of imidazole rings is 1. The molecule has 0 unspecified atom stereocenters. The highest BCUT2D eigenvalue weighted by molar-refractivity contribution is 7.09. The topological polar surface area (TPSA) is 72.7 Å². The van der Waals surface area contributed by atoms with Gasteiger partial charge in [-0.2, -0.15) is 0 Å². The predicted octanol–water partition coefficient (Wildman–Crippen LogP) is 2.66. The van der Waals surface area contributed by atoms with Crippen LogP contribution in [0.5, 0.6) is 0 Å². The second-order valence-corrected chi connectivity index (χ2v) is 7.93. The summed E-state index contributed by atoms with van der Waals surface area (Å²) in [6.07, 6.45) is 6.65. The summed E-state index contributed by atoms with van der Waals surface area (Å²) < 4.78 is 2.89. The molecule has 0 saturated heterocycles. The fraction of sp³-hybridized carbons (Fsp3) is 0.500. The average molecular weight is 358 g/mol. The Kier molecular flexibility index (Phi) is 4.33. The Balaban J connectivity index is 1.78. The lowest BCUT2D eigenvalue weighted by Gasteiger charge is -2.22. The first-order valence-corrected chi connectivity index (χ1v) is 9.72. The van der Waals surface area contributed by atoms with Gasteiger partial charge in [0.1, 0.15) is 11.3 Å². The molecule has 3 aromatic rings. The molecule has 0 radical (unpaired) electrons. The van der Waals surface area contributed by atoms with Crippen LogP contribution in [0.3, 0.4) is 0 Å². The van der Waals surface area contributed by atoms with Crippen LogP contribution in [-0.2, 0) is 20.0 Å². The Morgan fingerprint density at radius 3 is 2.80 bits per heavy atom. The normalized spacial score (nSPS) is 15.9. The Hall–Kier alpha value is -2.15. The maximum atomic E-state index is 12.7. The molecule has 0 bridgehead atoms. The summed E-state index contributed by atoms with van der Waals surface area (Å²) >= 11 is 1.66. The van der Waals surface area contributed by atoms with E-state index in [-0.39, 0.29) is 11.2 Å². The summed E-state index contributed by atoms with van der Waals surface area (Å²) in [5, 5.41) is 2.02. The van der Waals surface area contributed by atoms with Crippen molar-refractivity contribution in [3.8, 4) is 0 Å². The lowest BCUT2D eigenvalue weighted by atomic mass is 9.89. The minimum Gasteiger partial charge on any atom is -0.336 e. The van der Waals surface area contributed by atoms with Crippen molar-refractivity contribution >= 4 is 22.5 Å². The van der Waals surface area contributed by atoms with E-state index in [9.17, 15) is 9.59 Å². The summed E-state index contributed by atoms with van der Waals surface area (Å²) in [4.78, 5) is 34.1. The maximum Gasteiger partial charge on any atom is 0.332 e. The number of aromatic amines is 1. The molecule has 25 heavy (non-hydrogen) atoms. The summed E-state index contributed by atoms with van der Waals surface area (Å²) in [5.74, 6) is 1.22. The molecule has 0 spiro atoms. The molecule has 7 heteroatoms. The first kappa shape index (κ1) is 16.3. The van der Waals surface area contributed by atoms with E-state index in [0.717, 1.165) is 18.7 Å². The van der Waals surface area contributed by atoms with Gasteiger partial charge in [0.25, 0.3) is 5.56 Å². The van der Waals surface area contributed by atoms with Gasteiger partial charge in [-0.1, -0.05) is 25.3 Å². The van der Waals surface area contributed by atoms with Gasteiger partial charge in [-0.25, -0.2) is 9.78 Å². The van der Waals surface area contributed by atoms with Gasteiger partial charge in [-0.3, -0.25) is 13.9 Å². The molecule has 0 amide bonds. The summed E-state index contributed by atoms with van der Waals surface area (Å²) in [6, 6.07) is 4.05. The van der Waals surface area contributed by atoms with Gasteiger partial charge < -0.3 is 4.98 Å². The van der Waals surface area contributed by atoms with Gasteiger partial charge in [0, 0.05) is 24.9 Å². The van der Waals surface area contributed by atoms with Crippen LogP contribution >= 0.6 is 11.3 Å². The second-order valence-electron chi connectivity index (χ2n) is 6.90. The molecule has 3 aromatic heterocycles. The third-order valence-electron chi connectivity index (χ3n) is 5.11. The average Bonchev–Trinajstić information content (AvgIpc) is 3.28. The molecule has 0 aromatic carbocycles. The van der Waals surface area contributed by atoms with E-state index in [1.54, 1.807) is 23.0 Å². The van der Waals surface area contributed by atoms with Gasteiger partial charge in [0.15, 0.2) is 5.65 Å². The molecule has 1 fully saturated rings. The number of hydrogen-bond acceptors (Lipinski definition) is 4. The van der Waals surface area contributed by atoms with Gasteiger partial charge in [0.05, 0.1) is 0 Å². The Morgan fingerprint density at radius 2 is 2.08 bits per heavy atom. The molecule has 0 aliphatic heterocycles. The fourth-order valence-corrected chi connectivity index (χ4v) is 4.45. The Morgan fingerprint density at radius 1 is 1.28 bits per heavy atom. The van der Waals surface area contributed by atoms with Crippen LogP contribution in [0.15, 0.2) is 27.1 Å². The van der Waals surface area contributed by atoms with Crippen molar-refractivity contribution in [2.45, 2.75) is 45.1 Å². The summed E-state index contributed by atoms with van der Waals surface area (Å²) in [7, 11) is 1.54. The quantitative estimate of drug-likeness (QED) is 0.779. The molecular weight excluding hydrogens is 336 g/mol. The molecule has 1 aliphatic rings. The minimum atomic E-state index is -0.301. The van der Waals surface area contributed by atoms with Gasteiger partial charge in [-0.05, 0) is 30.2 Å². The molecule has 3 heterocycles. The van der Waals surface area contributed by atoms with Crippen LogP contribution in [0, 0.1) is 5.92 Å². The summed E-state index contributed by atoms with van der Waals surface area (Å²) in [6.45, 7) is 0.646. The molecule has 1 aliphatic carbocycles. The van der Waals surface area contributed by atoms with Crippen molar-refractivity contribution in [3.05, 3.63) is 49.1 Å². The van der Waals surface area contributed by atoms with E-state index in [1.165, 1.54) is 28.7 Å². The lowest BCUT2D eigenvalue weighted by molar-refractivity contribution is 0.315. The van der Waals surface area contributed by atoms with Crippen LogP contribution < -0.4 is 11.2 Å². The van der Waals surface area contributed by atoms with Crippen LogP contribution in [0.2, 0.25) is 0 Å². The molecule has 6 nitrogen and oxygen atoms in total. The first-order chi connectivity index (χ1) is 12.1. The standard InChI is InChI=1S/C18H22N4O2S/c1-21-17(23)15-16(20-14(19-15)10-13-8-5-9-25-13)22(18(21)24)11-12-6-3-2-4-7-12/h5,8-9,12H,2-4,6-7,10-11H2,1H3,(H,19,20). The first-order valence-electron chi connectivity index (χ1n) is 8.84. The number of aromatic nitrogens is 4. The van der Waals surface area contributed by atoms with E-state index in [0.29, 0.717) is 30.0 Å². The van der Waals surface area contributed by atoms with E-state index in [2.05, 4.69) is 9.97 Å². The van der Waals surface area contributed by atoms with E-state index < -0.39 is 0 Å². The van der Waals surface area contributed by atoms with Gasteiger partial charge in [-0.15, -0.1) is 11.3 Å². The van der Waals surface area contributed by atoms with Crippen molar-refractivity contribution < 1.29 is 0 Å². The number of fused-ring (bicyclic) bond motifs is 1. The third kappa shape index (κ3) is 3.08. The van der Waals surface area contributed by atoms with Crippen LogP contribution in [0.25, 0.3) is 11.2 Å². The predicted molar refractivity (Wildman–Crippen MR) is 99.3 cm³/mol. The highest BCUT2D eigenvalue weighted by atomic mass is 32.1. The number of nitrogens with zero attached hydrogens (tertiary/aromatic N) is 3. The summed E-state index contributed by atoms with van der Waals surface area (Å²) in [5.41, 5.74) is 0.372. The highest BCUT2D eigenvalue weighted by Gasteiger charge is 2.20. The van der Waals surface area contributed by atoms with Crippen LogP contribution in [-0.4, -0.2) is 19.1 Å². The van der Waals surface area contributed by atoms with Crippen molar-refractivity contribution in [2.24, 2.45) is 13.0 Å². The largest absolute Gasteiger partial charge is 0.336 e. The Labute approximate surface area is 149 Å². The number of H-pyrrole nitrogens is 1. The second kappa shape index (κ2) is 6.63. The zero-order valence-electron chi connectivity index (χ0n) is 14.3. The van der Waals surface area contributed by atoms with Crippen LogP contribution in [0.4, 0.5) is 0 Å². The monoisotopic (exact) mass is 358 g/mol. The van der Waals surface area contributed by atoms with E-state index in [1.807, 2.05) is 17.5 Å². The number of rotatable bonds is 4. The molecular formula is C18H22N4O2S. The lowest BCUT2D eigenvalue weighted by Crippen LogP contribution is -2.39. The smallest absolute Gasteiger partial charge is 0.332 e. The van der Waals surface area contributed by atoms with E-state index >= 15 is 0 Å². The molecule has 0 atom stereocenters. The molecule has 132 valence electrons. The third-order valence-corrected chi connectivity index (χ3v) is 5.99. The van der Waals surface area contributed by atoms with Gasteiger partial charge >= 0.3 is 5.69 Å². The van der Waals surface area contributed by atoms with E-state index in [4.69, 9.17) is 0 Å². The number of nitrogens with one attached hydrogen (secondary N) is 1. The fourth-order valence-electron chi connectivity index (χ4n) is 3.74. The number of thiophene rings is 1. The SMILES string of the molecule is Cn1c(=O)c2[nH]c(Cc3cccs3)nc2n(CC2CCCCC2)c1=O. The van der Waals surface area contributed by atoms with Gasteiger partial charge in [0.2, 0.25) is 0 Å². The number of hydrogen-bond donors (Lipinski definition) is 1. The zero-order chi connectivity index (χ0) is 17.4.